The Labute approximate surface area is 112 Å². The van der Waals surface area contributed by atoms with Gasteiger partial charge in [0.15, 0.2) is 5.54 Å². The van der Waals surface area contributed by atoms with Crippen LogP contribution < -0.4 is 0 Å². The van der Waals surface area contributed by atoms with Gasteiger partial charge in [0.1, 0.15) is 0 Å². The number of methoxy groups -OCH3 is 1. The average molecular weight is 259 g/mol. The quantitative estimate of drug-likeness (QED) is 0.476. The van der Waals surface area contributed by atoms with E-state index in [0.717, 1.165) is 24.8 Å². The van der Waals surface area contributed by atoms with E-state index in [-0.39, 0.29) is 5.92 Å². The van der Waals surface area contributed by atoms with E-state index < -0.39 is 11.5 Å². The van der Waals surface area contributed by atoms with Crippen molar-refractivity contribution in [1.82, 2.24) is 0 Å². The van der Waals surface area contributed by atoms with Crippen LogP contribution in [0.2, 0.25) is 0 Å². The maximum atomic E-state index is 12.2. The Kier molecular flexibility index (Phi) is 4.13. The first-order valence-electron chi connectivity index (χ1n) is 6.47. The predicted octanol–water partition coefficient (Wildman–Crippen LogP) is 2.59. The van der Waals surface area contributed by atoms with Gasteiger partial charge in [0.05, 0.1) is 7.11 Å². The molecule has 1 fully saturated rings. The third-order valence-electron chi connectivity index (χ3n) is 3.86. The molecule has 0 amide bonds. The van der Waals surface area contributed by atoms with Crippen LogP contribution in [0.4, 0.5) is 0 Å². The van der Waals surface area contributed by atoms with Crippen LogP contribution in [-0.4, -0.2) is 24.7 Å². The fourth-order valence-electron chi connectivity index (χ4n) is 2.97. The molecule has 4 heteroatoms. The number of esters is 1. The van der Waals surface area contributed by atoms with Crippen molar-refractivity contribution < 1.29 is 14.3 Å². The Morgan fingerprint density at radius 3 is 2.74 bits per heavy atom. The van der Waals surface area contributed by atoms with Gasteiger partial charge in [0, 0.05) is 5.92 Å². The van der Waals surface area contributed by atoms with E-state index in [0.29, 0.717) is 6.42 Å². The molecule has 1 aromatic carbocycles. The van der Waals surface area contributed by atoms with Gasteiger partial charge in [0.25, 0.3) is 0 Å². The Balaban J connectivity index is 2.48. The molecule has 0 spiro atoms. The Bertz CT molecular complexity index is 493. The molecule has 1 aliphatic carbocycles. The summed E-state index contributed by atoms with van der Waals surface area (Å²) in [5.41, 5.74) is -0.0811. The number of hydrogen-bond donors (Lipinski definition) is 0. The average Bonchev–Trinajstić information content (AvgIpc) is 2.48. The van der Waals surface area contributed by atoms with Gasteiger partial charge in [-0.25, -0.2) is 9.59 Å². The summed E-state index contributed by atoms with van der Waals surface area (Å²) in [6.07, 6.45) is 4.81. The summed E-state index contributed by atoms with van der Waals surface area (Å²) in [5, 5.41) is 0. The lowest BCUT2D eigenvalue weighted by molar-refractivity contribution is -0.149. The minimum atomic E-state index is -1.10. The summed E-state index contributed by atoms with van der Waals surface area (Å²) in [5.74, 6) is -0.555. The van der Waals surface area contributed by atoms with Crippen molar-refractivity contribution in [3.05, 3.63) is 35.9 Å². The van der Waals surface area contributed by atoms with Crippen LogP contribution in [0.25, 0.3) is 0 Å². The second-order valence-electron chi connectivity index (χ2n) is 4.83. The van der Waals surface area contributed by atoms with Crippen LogP contribution in [0.5, 0.6) is 0 Å². The zero-order valence-electron chi connectivity index (χ0n) is 11.0. The number of benzene rings is 1. The first-order chi connectivity index (χ1) is 9.24. The second kappa shape index (κ2) is 5.81. The van der Waals surface area contributed by atoms with E-state index >= 15 is 0 Å². The van der Waals surface area contributed by atoms with Crippen LogP contribution >= 0.6 is 0 Å². The van der Waals surface area contributed by atoms with Gasteiger partial charge in [-0.15, -0.1) is 0 Å². The van der Waals surface area contributed by atoms with E-state index in [1.807, 2.05) is 30.3 Å². The lowest BCUT2D eigenvalue weighted by atomic mass is 9.70. The minimum absolute atomic E-state index is 0.114. The molecular weight excluding hydrogens is 242 g/mol. The number of ether oxygens (including phenoxy) is 1. The van der Waals surface area contributed by atoms with Crippen molar-refractivity contribution in [3.63, 3.8) is 0 Å². The maximum absolute atomic E-state index is 12.2. The fraction of sp³-hybridized carbons (Fsp3) is 0.467. The molecule has 0 N–H and O–H groups in total. The molecule has 19 heavy (non-hydrogen) atoms. The van der Waals surface area contributed by atoms with Crippen molar-refractivity contribution in [2.75, 3.05) is 7.11 Å². The number of aliphatic imine (C=N–C) groups is 1. The molecule has 0 bridgehead atoms. The molecule has 0 radical (unpaired) electrons. The number of rotatable bonds is 3. The van der Waals surface area contributed by atoms with E-state index in [9.17, 15) is 9.59 Å². The third-order valence-corrected chi connectivity index (χ3v) is 3.86. The smallest absolute Gasteiger partial charge is 0.335 e. The maximum Gasteiger partial charge on any atom is 0.335 e. The lowest BCUT2D eigenvalue weighted by Crippen LogP contribution is -2.45. The van der Waals surface area contributed by atoms with E-state index in [1.54, 1.807) is 6.08 Å². The normalized spacial score (nSPS) is 26.3. The van der Waals surface area contributed by atoms with Crippen molar-refractivity contribution in [1.29, 1.82) is 0 Å². The monoisotopic (exact) mass is 259 g/mol. The minimum Gasteiger partial charge on any atom is -0.467 e. The Morgan fingerprint density at radius 2 is 2.11 bits per heavy atom. The number of carbonyl (C=O) groups excluding carboxylic acids is 2. The molecule has 1 aromatic rings. The van der Waals surface area contributed by atoms with E-state index in [4.69, 9.17) is 4.74 Å². The van der Waals surface area contributed by atoms with Crippen LogP contribution in [0.3, 0.4) is 0 Å². The van der Waals surface area contributed by atoms with Crippen LogP contribution in [0.1, 0.15) is 37.2 Å². The van der Waals surface area contributed by atoms with Crippen molar-refractivity contribution in [2.24, 2.45) is 4.99 Å². The summed E-state index contributed by atoms with van der Waals surface area (Å²) in [7, 11) is 1.33. The summed E-state index contributed by atoms with van der Waals surface area (Å²) in [6, 6.07) is 9.71. The molecule has 2 rings (SSSR count). The molecule has 0 heterocycles. The number of carbonyl (C=O) groups is 1. The summed E-state index contributed by atoms with van der Waals surface area (Å²) < 4.78 is 4.89. The van der Waals surface area contributed by atoms with Crippen LogP contribution in [0.15, 0.2) is 35.3 Å². The lowest BCUT2D eigenvalue weighted by Gasteiger charge is -2.37. The summed E-state index contributed by atoms with van der Waals surface area (Å²) in [4.78, 5) is 26.8. The second-order valence-corrected chi connectivity index (χ2v) is 4.83. The molecule has 0 aromatic heterocycles. The largest absolute Gasteiger partial charge is 0.467 e. The zero-order valence-corrected chi connectivity index (χ0v) is 11.0. The van der Waals surface area contributed by atoms with Crippen molar-refractivity contribution in [3.8, 4) is 0 Å². The summed E-state index contributed by atoms with van der Waals surface area (Å²) >= 11 is 0. The molecule has 1 aliphatic rings. The molecule has 1 saturated carbocycles. The highest BCUT2D eigenvalue weighted by Crippen LogP contribution is 2.44. The number of isocyanates is 1. The molecule has 4 nitrogen and oxygen atoms in total. The number of hydrogen-bond acceptors (Lipinski definition) is 4. The van der Waals surface area contributed by atoms with Gasteiger partial charge < -0.3 is 4.74 Å². The zero-order chi connectivity index (χ0) is 13.7. The van der Waals surface area contributed by atoms with E-state index in [2.05, 4.69) is 4.99 Å². The van der Waals surface area contributed by atoms with E-state index in [1.165, 1.54) is 7.11 Å². The standard InChI is InChI=1S/C15H17NO3/c1-19-14(18)15(16-11-17)10-6-5-9-13(15)12-7-3-2-4-8-12/h2-4,7-8,13H,5-6,9-10H2,1H3/t13-,15?/m1/s1. The van der Waals surface area contributed by atoms with Gasteiger partial charge >= 0.3 is 5.97 Å². The molecule has 1 unspecified atom stereocenters. The highest BCUT2D eigenvalue weighted by Gasteiger charge is 2.49. The van der Waals surface area contributed by atoms with Crippen molar-refractivity contribution in [2.45, 2.75) is 37.1 Å². The van der Waals surface area contributed by atoms with Crippen LogP contribution in [0, 0.1) is 0 Å². The molecule has 0 aliphatic heterocycles. The number of nitrogens with zero attached hydrogens (tertiary/aromatic N) is 1. The molecule has 100 valence electrons. The Hall–Kier alpha value is -1.93. The van der Waals surface area contributed by atoms with Gasteiger partial charge in [0.2, 0.25) is 6.08 Å². The fourth-order valence-corrected chi connectivity index (χ4v) is 2.97. The van der Waals surface area contributed by atoms with Gasteiger partial charge in [-0.05, 0) is 18.4 Å². The van der Waals surface area contributed by atoms with Crippen LogP contribution in [-0.2, 0) is 14.3 Å². The highest BCUT2D eigenvalue weighted by molar-refractivity contribution is 5.83. The predicted molar refractivity (Wildman–Crippen MR) is 70.5 cm³/mol. The first-order valence-corrected chi connectivity index (χ1v) is 6.47. The molecule has 2 atom stereocenters. The highest BCUT2D eigenvalue weighted by atomic mass is 16.5. The molecule has 0 saturated heterocycles. The van der Waals surface area contributed by atoms with Gasteiger partial charge in [-0.3, -0.25) is 0 Å². The van der Waals surface area contributed by atoms with Gasteiger partial charge in [-0.2, -0.15) is 4.99 Å². The van der Waals surface area contributed by atoms with Gasteiger partial charge in [-0.1, -0.05) is 43.2 Å². The topological polar surface area (TPSA) is 55.7 Å². The summed E-state index contributed by atoms with van der Waals surface area (Å²) in [6.45, 7) is 0. The first kappa shape index (κ1) is 13.5. The SMILES string of the molecule is COC(=O)C1(N=C=O)CCCC[C@@H]1c1ccccc1. The van der Waals surface area contributed by atoms with Crippen molar-refractivity contribution >= 4 is 12.0 Å². The Morgan fingerprint density at radius 1 is 1.37 bits per heavy atom. The molecular formula is C15H17NO3. The third kappa shape index (κ3) is 2.45.